The zero-order chi connectivity index (χ0) is 12.7. The topological polar surface area (TPSA) is 49.7 Å². The van der Waals surface area contributed by atoms with Crippen molar-refractivity contribution in [3.63, 3.8) is 0 Å². The van der Waals surface area contributed by atoms with Gasteiger partial charge in [0.15, 0.2) is 0 Å². The van der Waals surface area contributed by atoms with Crippen LogP contribution in [0.2, 0.25) is 0 Å². The van der Waals surface area contributed by atoms with E-state index in [4.69, 9.17) is 4.74 Å². The monoisotopic (exact) mass is 242 g/mol. The van der Waals surface area contributed by atoms with Crippen LogP contribution < -0.4 is 0 Å². The van der Waals surface area contributed by atoms with Crippen LogP contribution in [-0.4, -0.2) is 36.6 Å². The minimum atomic E-state index is -0.972. The van der Waals surface area contributed by atoms with Gasteiger partial charge in [0.05, 0.1) is 13.2 Å². The molecule has 0 aromatic heterocycles. The number of ether oxygens (including phenoxy) is 1. The summed E-state index contributed by atoms with van der Waals surface area (Å²) in [5.41, 5.74) is -0.634. The first-order chi connectivity index (χ1) is 8.20. The van der Waals surface area contributed by atoms with Gasteiger partial charge in [-0.1, -0.05) is 18.2 Å². The van der Waals surface area contributed by atoms with Crippen LogP contribution in [0, 0.1) is 5.82 Å². The average molecular weight is 242 g/mol. The van der Waals surface area contributed by atoms with Crippen LogP contribution in [0.1, 0.15) is 18.9 Å². The van der Waals surface area contributed by atoms with E-state index in [0.717, 1.165) is 0 Å². The summed E-state index contributed by atoms with van der Waals surface area (Å²) in [4.78, 5) is 0. The standard InChI is InChI=1S/C13H19FO3/c1-2-17-8-7-13(9-15,10-16)11-5-3-4-6-12(11)14/h3-6,15-16H,2,7-10H2,1H3. The Morgan fingerprint density at radius 1 is 1.24 bits per heavy atom. The molecule has 1 rings (SSSR count). The number of halogens is 1. The number of aliphatic hydroxyl groups excluding tert-OH is 2. The van der Waals surface area contributed by atoms with Gasteiger partial charge in [0.25, 0.3) is 0 Å². The maximum absolute atomic E-state index is 13.7. The summed E-state index contributed by atoms with van der Waals surface area (Å²) in [6.45, 7) is 2.19. The van der Waals surface area contributed by atoms with Crippen molar-refractivity contribution in [3.8, 4) is 0 Å². The summed E-state index contributed by atoms with van der Waals surface area (Å²) in [6.07, 6.45) is 0.384. The van der Waals surface area contributed by atoms with Crippen LogP contribution in [-0.2, 0) is 10.2 Å². The lowest BCUT2D eigenvalue weighted by Gasteiger charge is -2.30. The fourth-order valence-electron chi connectivity index (χ4n) is 1.82. The highest BCUT2D eigenvalue weighted by Gasteiger charge is 2.33. The molecule has 0 unspecified atom stereocenters. The lowest BCUT2D eigenvalue weighted by atomic mass is 9.79. The summed E-state index contributed by atoms with van der Waals surface area (Å²) in [5, 5.41) is 18.9. The molecule has 1 aromatic rings. The molecule has 0 spiro atoms. The van der Waals surface area contributed by atoms with Crippen molar-refractivity contribution in [2.45, 2.75) is 18.8 Å². The Morgan fingerprint density at radius 2 is 1.88 bits per heavy atom. The minimum absolute atomic E-state index is 0.308. The maximum Gasteiger partial charge on any atom is 0.127 e. The summed E-state index contributed by atoms with van der Waals surface area (Å²) in [7, 11) is 0. The zero-order valence-electron chi connectivity index (χ0n) is 10.0. The molecule has 0 aliphatic heterocycles. The SMILES string of the molecule is CCOCCC(CO)(CO)c1ccccc1F. The van der Waals surface area contributed by atoms with E-state index in [2.05, 4.69) is 0 Å². The molecule has 0 radical (unpaired) electrons. The Labute approximate surface area is 101 Å². The highest BCUT2D eigenvalue weighted by atomic mass is 19.1. The number of benzene rings is 1. The molecular formula is C13H19FO3. The molecule has 1 aromatic carbocycles. The maximum atomic E-state index is 13.7. The molecule has 0 aliphatic carbocycles. The van der Waals surface area contributed by atoms with Crippen LogP contribution >= 0.6 is 0 Å². The lowest BCUT2D eigenvalue weighted by molar-refractivity contribution is 0.0648. The highest BCUT2D eigenvalue weighted by molar-refractivity contribution is 5.27. The van der Waals surface area contributed by atoms with E-state index in [1.54, 1.807) is 18.2 Å². The molecule has 0 atom stereocenters. The highest BCUT2D eigenvalue weighted by Crippen LogP contribution is 2.29. The molecule has 0 heterocycles. The van der Waals surface area contributed by atoms with Crippen molar-refractivity contribution in [2.75, 3.05) is 26.4 Å². The lowest BCUT2D eigenvalue weighted by Crippen LogP contribution is -2.37. The van der Waals surface area contributed by atoms with E-state index >= 15 is 0 Å². The van der Waals surface area contributed by atoms with E-state index in [1.165, 1.54) is 6.07 Å². The molecule has 0 bridgehead atoms. The Balaban J connectivity index is 2.94. The van der Waals surface area contributed by atoms with Crippen molar-refractivity contribution in [3.05, 3.63) is 35.6 Å². The predicted molar refractivity (Wildman–Crippen MR) is 63.4 cm³/mol. The smallest absolute Gasteiger partial charge is 0.127 e. The fourth-order valence-corrected chi connectivity index (χ4v) is 1.82. The van der Waals surface area contributed by atoms with E-state index in [9.17, 15) is 14.6 Å². The van der Waals surface area contributed by atoms with Gasteiger partial charge < -0.3 is 14.9 Å². The summed E-state index contributed by atoms with van der Waals surface area (Å²) < 4.78 is 18.9. The Kier molecular flexibility index (Phi) is 5.55. The van der Waals surface area contributed by atoms with Gasteiger partial charge in [-0.05, 0) is 25.0 Å². The molecule has 2 N–H and O–H groups in total. The van der Waals surface area contributed by atoms with Gasteiger partial charge in [-0.15, -0.1) is 0 Å². The third-order valence-electron chi connectivity index (χ3n) is 2.98. The van der Waals surface area contributed by atoms with Crippen molar-refractivity contribution in [1.29, 1.82) is 0 Å². The van der Waals surface area contributed by atoms with Gasteiger partial charge in [-0.2, -0.15) is 0 Å². The Morgan fingerprint density at radius 3 is 2.41 bits per heavy atom. The van der Waals surface area contributed by atoms with E-state index in [0.29, 0.717) is 25.2 Å². The van der Waals surface area contributed by atoms with Crippen LogP contribution in [0.3, 0.4) is 0 Å². The molecule has 0 aliphatic rings. The second kappa shape index (κ2) is 6.69. The van der Waals surface area contributed by atoms with Gasteiger partial charge >= 0.3 is 0 Å². The molecule has 0 saturated heterocycles. The summed E-state index contributed by atoms with van der Waals surface area (Å²) >= 11 is 0. The molecule has 0 amide bonds. The normalized spacial score (nSPS) is 11.8. The largest absolute Gasteiger partial charge is 0.395 e. The van der Waals surface area contributed by atoms with Gasteiger partial charge in [0.2, 0.25) is 0 Å². The van der Waals surface area contributed by atoms with Gasteiger partial charge in [0.1, 0.15) is 5.82 Å². The number of aliphatic hydroxyl groups is 2. The van der Waals surface area contributed by atoms with Crippen LogP contribution in [0.25, 0.3) is 0 Å². The van der Waals surface area contributed by atoms with Crippen molar-refractivity contribution >= 4 is 0 Å². The number of rotatable bonds is 7. The van der Waals surface area contributed by atoms with E-state index in [1.807, 2.05) is 6.92 Å². The van der Waals surface area contributed by atoms with E-state index < -0.39 is 11.2 Å². The second-order valence-corrected chi connectivity index (χ2v) is 4.02. The summed E-state index contributed by atoms with van der Waals surface area (Å²) in [5.74, 6) is -0.410. The van der Waals surface area contributed by atoms with Crippen LogP contribution in [0.15, 0.2) is 24.3 Å². The van der Waals surface area contributed by atoms with E-state index in [-0.39, 0.29) is 13.2 Å². The molecule has 0 fully saturated rings. The fraction of sp³-hybridized carbons (Fsp3) is 0.538. The summed E-state index contributed by atoms with van der Waals surface area (Å²) in [6, 6.07) is 6.20. The third-order valence-corrected chi connectivity index (χ3v) is 2.98. The second-order valence-electron chi connectivity index (χ2n) is 4.02. The quantitative estimate of drug-likeness (QED) is 0.712. The first-order valence-electron chi connectivity index (χ1n) is 5.74. The average Bonchev–Trinajstić information content (AvgIpc) is 2.36. The third kappa shape index (κ3) is 3.25. The number of hydrogen-bond acceptors (Lipinski definition) is 3. The Hall–Kier alpha value is -0.970. The molecule has 0 saturated carbocycles. The first-order valence-corrected chi connectivity index (χ1v) is 5.74. The van der Waals surface area contributed by atoms with Gasteiger partial charge in [0, 0.05) is 18.6 Å². The molecule has 3 nitrogen and oxygen atoms in total. The molecule has 17 heavy (non-hydrogen) atoms. The zero-order valence-corrected chi connectivity index (χ0v) is 10.0. The minimum Gasteiger partial charge on any atom is -0.395 e. The van der Waals surface area contributed by atoms with Crippen LogP contribution in [0.4, 0.5) is 4.39 Å². The predicted octanol–water partition coefficient (Wildman–Crippen LogP) is 1.47. The van der Waals surface area contributed by atoms with Gasteiger partial charge in [-0.3, -0.25) is 0 Å². The van der Waals surface area contributed by atoms with Crippen molar-refractivity contribution < 1.29 is 19.3 Å². The first kappa shape index (κ1) is 14.1. The molecule has 4 heteroatoms. The Bertz CT molecular complexity index is 337. The van der Waals surface area contributed by atoms with Crippen molar-refractivity contribution in [2.24, 2.45) is 0 Å². The molecular weight excluding hydrogens is 223 g/mol. The molecule has 96 valence electrons. The van der Waals surface area contributed by atoms with Gasteiger partial charge in [-0.25, -0.2) is 4.39 Å². The van der Waals surface area contributed by atoms with Crippen LogP contribution in [0.5, 0.6) is 0 Å². The number of hydrogen-bond donors (Lipinski definition) is 2. The van der Waals surface area contributed by atoms with Crippen molar-refractivity contribution in [1.82, 2.24) is 0 Å².